The van der Waals surface area contributed by atoms with Gasteiger partial charge in [-0.3, -0.25) is 9.59 Å². The van der Waals surface area contributed by atoms with Gasteiger partial charge in [0.25, 0.3) is 6.29 Å². The van der Waals surface area contributed by atoms with Gasteiger partial charge in [-0.05, 0) is 12.8 Å². The Morgan fingerprint density at radius 2 is 0.556 bits per heavy atom. The second-order valence-electron chi connectivity index (χ2n) is 26.3. The normalized spacial score (nSPS) is 12.6. The van der Waals surface area contributed by atoms with Gasteiger partial charge in [0.1, 0.15) is 13.2 Å². The van der Waals surface area contributed by atoms with Crippen LogP contribution < -0.4 is 0 Å². The van der Waals surface area contributed by atoms with E-state index in [1.807, 2.05) is 21.1 Å². The molecule has 2 atom stereocenters. The van der Waals surface area contributed by atoms with Crippen LogP contribution in [0.2, 0.25) is 0 Å². The van der Waals surface area contributed by atoms with Crippen molar-refractivity contribution < 1.29 is 42.9 Å². The Balaban J connectivity index is 3.90. The van der Waals surface area contributed by atoms with Crippen LogP contribution in [0.1, 0.15) is 386 Å². The molecule has 0 spiro atoms. The van der Waals surface area contributed by atoms with Gasteiger partial charge in [-0.25, -0.2) is 4.79 Å². The lowest BCUT2D eigenvalue weighted by atomic mass is 10.0. The third-order valence-electron chi connectivity index (χ3n) is 16.9. The van der Waals surface area contributed by atoms with Gasteiger partial charge in [-0.1, -0.05) is 361 Å². The number of hydrogen-bond acceptors (Lipinski definition) is 7. The summed E-state index contributed by atoms with van der Waals surface area (Å²) in [7, 11) is 5.99. The molecule has 2 unspecified atom stereocenters. The van der Waals surface area contributed by atoms with E-state index in [9.17, 15) is 19.5 Å². The van der Waals surface area contributed by atoms with Crippen molar-refractivity contribution in [1.82, 2.24) is 0 Å². The molecule has 0 saturated carbocycles. The van der Waals surface area contributed by atoms with Crippen LogP contribution in [0.15, 0.2) is 0 Å². The number of carboxylic acids is 1. The first-order valence-electron chi connectivity index (χ1n) is 36.2. The zero-order valence-corrected chi connectivity index (χ0v) is 55.2. The second kappa shape index (κ2) is 64.3. The molecule has 0 aromatic carbocycles. The number of likely N-dealkylation sites (N-methyl/N-ethyl adjacent to an activating group) is 1. The largest absolute Gasteiger partial charge is 0.477 e. The minimum absolute atomic E-state index is 0.172. The molecule has 0 aromatic rings. The summed E-state index contributed by atoms with van der Waals surface area (Å²) in [5.74, 6) is -1.97. The molecule has 0 aliphatic rings. The Labute approximate surface area is 504 Å². The van der Waals surface area contributed by atoms with E-state index in [2.05, 4.69) is 13.8 Å². The van der Waals surface area contributed by atoms with Gasteiger partial charge in [0.05, 0.1) is 34.4 Å². The van der Waals surface area contributed by atoms with Crippen LogP contribution in [0.5, 0.6) is 0 Å². The molecule has 1 N–H and O–H groups in total. The van der Waals surface area contributed by atoms with E-state index in [4.69, 9.17) is 18.9 Å². The Hall–Kier alpha value is -1.71. The van der Waals surface area contributed by atoms with Gasteiger partial charge >= 0.3 is 17.9 Å². The van der Waals surface area contributed by atoms with Crippen LogP contribution in [0.25, 0.3) is 0 Å². The molecule has 9 nitrogen and oxygen atoms in total. The highest BCUT2D eigenvalue weighted by atomic mass is 16.7. The van der Waals surface area contributed by atoms with Gasteiger partial charge in [0.15, 0.2) is 6.10 Å². The molecular weight excluding hydrogens is 1010 g/mol. The highest BCUT2D eigenvalue weighted by molar-refractivity contribution is 5.71. The minimum Gasteiger partial charge on any atom is -0.477 e. The first-order valence-corrected chi connectivity index (χ1v) is 36.2. The third kappa shape index (κ3) is 65.7. The van der Waals surface area contributed by atoms with Crippen molar-refractivity contribution >= 4 is 17.9 Å². The summed E-state index contributed by atoms with van der Waals surface area (Å²) in [6.45, 7) is 4.96. The van der Waals surface area contributed by atoms with Crippen molar-refractivity contribution in [3.05, 3.63) is 0 Å². The Morgan fingerprint density at radius 1 is 0.321 bits per heavy atom. The van der Waals surface area contributed by atoms with Crippen LogP contribution in [-0.4, -0.2) is 87.4 Å². The molecule has 0 rings (SSSR count). The van der Waals surface area contributed by atoms with Crippen molar-refractivity contribution in [2.24, 2.45) is 0 Å². The highest BCUT2D eigenvalue weighted by Gasteiger charge is 2.25. The van der Waals surface area contributed by atoms with Crippen LogP contribution in [0, 0.1) is 0 Å². The van der Waals surface area contributed by atoms with Crippen LogP contribution >= 0.6 is 0 Å². The van der Waals surface area contributed by atoms with Crippen molar-refractivity contribution in [3.8, 4) is 0 Å². The number of aliphatic carboxylic acids is 1. The zero-order chi connectivity index (χ0) is 59.1. The van der Waals surface area contributed by atoms with Crippen molar-refractivity contribution in [2.45, 2.75) is 399 Å². The monoisotopic (exact) mass is 1150 g/mol. The second-order valence-corrected chi connectivity index (χ2v) is 26.3. The smallest absolute Gasteiger partial charge is 0.361 e. The summed E-state index contributed by atoms with van der Waals surface area (Å²) in [6.07, 6.45) is 73.9. The molecular formula is C72H142NO8+. The van der Waals surface area contributed by atoms with Crippen LogP contribution in [0.3, 0.4) is 0 Å². The third-order valence-corrected chi connectivity index (χ3v) is 16.9. The van der Waals surface area contributed by atoms with Gasteiger partial charge in [0, 0.05) is 12.8 Å². The molecule has 9 heteroatoms. The number of esters is 2. The number of carbonyl (C=O) groups excluding carboxylic acids is 2. The number of rotatable bonds is 69. The SMILES string of the molecule is CCCCCCCCCCCCCCCCCCCCCCCCCCCCCCCCCCCCCCCCCC(=O)OC(COC(=O)CCCCCCCCCCCCCCCCCCC)COC(OCC[N+](C)(C)C)C(=O)O. The van der Waals surface area contributed by atoms with E-state index in [-0.39, 0.29) is 38.2 Å². The molecule has 81 heavy (non-hydrogen) atoms. The van der Waals surface area contributed by atoms with E-state index in [1.54, 1.807) is 0 Å². The first-order chi connectivity index (χ1) is 39.6. The number of quaternary nitrogens is 1. The Morgan fingerprint density at radius 3 is 0.790 bits per heavy atom. The molecule has 0 saturated heterocycles. The van der Waals surface area contributed by atoms with Crippen LogP contribution in [-0.2, 0) is 33.3 Å². The van der Waals surface area contributed by atoms with E-state index < -0.39 is 18.4 Å². The number of unbranched alkanes of at least 4 members (excludes halogenated alkanes) is 54. The van der Waals surface area contributed by atoms with Gasteiger partial charge in [-0.2, -0.15) is 0 Å². The summed E-state index contributed by atoms with van der Waals surface area (Å²) < 4.78 is 23.0. The van der Waals surface area contributed by atoms with E-state index in [0.29, 0.717) is 17.4 Å². The number of ether oxygens (including phenoxy) is 4. The van der Waals surface area contributed by atoms with Gasteiger partial charge in [-0.15, -0.1) is 0 Å². The number of hydrogen-bond donors (Lipinski definition) is 1. The average Bonchev–Trinajstić information content (AvgIpc) is 3.44. The molecule has 0 heterocycles. The molecule has 0 fully saturated rings. The Kier molecular flexibility index (Phi) is 62.9. The lowest BCUT2D eigenvalue weighted by Gasteiger charge is -2.25. The fourth-order valence-electron chi connectivity index (χ4n) is 11.3. The maximum absolute atomic E-state index is 12.9. The predicted octanol–water partition coefficient (Wildman–Crippen LogP) is 22.3. The fourth-order valence-corrected chi connectivity index (χ4v) is 11.3. The van der Waals surface area contributed by atoms with Gasteiger partial charge < -0.3 is 28.5 Å². The predicted molar refractivity (Wildman–Crippen MR) is 346 cm³/mol. The maximum Gasteiger partial charge on any atom is 0.361 e. The maximum atomic E-state index is 12.9. The Bertz CT molecular complexity index is 1290. The average molecular weight is 1150 g/mol. The summed E-state index contributed by atoms with van der Waals surface area (Å²) in [4.78, 5) is 37.5. The lowest BCUT2D eigenvalue weighted by molar-refractivity contribution is -0.870. The molecule has 0 aromatic heterocycles. The molecule has 0 bridgehead atoms. The molecule has 0 radical (unpaired) electrons. The molecule has 482 valence electrons. The van der Waals surface area contributed by atoms with Crippen LogP contribution in [0.4, 0.5) is 0 Å². The quantitative estimate of drug-likeness (QED) is 0.0278. The van der Waals surface area contributed by atoms with E-state index in [1.165, 1.54) is 321 Å². The minimum atomic E-state index is -1.50. The van der Waals surface area contributed by atoms with Crippen molar-refractivity contribution in [2.75, 3.05) is 47.5 Å². The number of carbonyl (C=O) groups is 3. The van der Waals surface area contributed by atoms with Crippen molar-refractivity contribution in [1.29, 1.82) is 0 Å². The summed E-state index contributed by atoms with van der Waals surface area (Å²) >= 11 is 0. The van der Waals surface area contributed by atoms with E-state index >= 15 is 0 Å². The highest BCUT2D eigenvalue weighted by Crippen LogP contribution is 2.20. The van der Waals surface area contributed by atoms with Gasteiger partial charge in [0.2, 0.25) is 0 Å². The standard InChI is InChI=1S/C72H141NO8/c1-6-8-10-12-14-16-18-20-22-24-25-26-27-28-29-30-31-32-33-34-35-36-37-38-39-40-41-42-43-44-45-47-49-51-53-55-57-59-61-63-70(75)81-68(67-80-72(71(76)77)78-65-64-73(3,4)5)66-79-69(74)62-60-58-56-54-52-50-48-46-23-21-19-17-15-13-11-9-7-2/h68,72H,6-67H2,1-5H3/p+1. The number of carboxylic acid groups (broad SMARTS) is 1. The first kappa shape index (κ1) is 79.3. The van der Waals surface area contributed by atoms with Crippen molar-refractivity contribution in [3.63, 3.8) is 0 Å². The fraction of sp³-hybridized carbons (Fsp3) is 0.958. The topological polar surface area (TPSA) is 108 Å². The lowest BCUT2D eigenvalue weighted by Crippen LogP contribution is -2.40. The zero-order valence-electron chi connectivity index (χ0n) is 55.2. The molecule has 0 aliphatic heterocycles. The summed E-state index contributed by atoms with van der Waals surface area (Å²) in [5, 5.41) is 9.73. The molecule has 0 aliphatic carbocycles. The summed E-state index contributed by atoms with van der Waals surface area (Å²) in [5.41, 5.74) is 0. The number of nitrogens with zero attached hydrogens (tertiary/aromatic N) is 1. The molecule has 0 amide bonds. The van der Waals surface area contributed by atoms with E-state index in [0.717, 1.165) is 38.5 Å². The summed E-state index contributed by atoms with van der Waals surface area (Å²) in [6, 6.07) is 0.